The third kappa shape index (κ3) is 0.798. The molecule has 0 bridgehead atoms. The van der Waals surface area contributed by atoms with Crippen LogP contribution in [0.3, 0.4) is 0 Å². The van der Waals surface area contributed by atoms with Gasteiger partial charge in [0.1, 0.15) is 5.78 Å². The zero-order valence-corrected chi connectivity index (χ0v) is 8.13. The first kappa shape index (κ1) is 8.73. The van der Waals surface area contributed by atoms with Crippen LogP contribution in [-0.2, 0) is 9.59 Å². The summed E-state index contributed by atoms with van der Waals surface area (Å²) in [5.74, 6) is -1.04. The molecule has 3 heteroatoms. The minimum Gasteiger partial charge on any atom is -0.481 e. The third-order valence-corrected chi connectivity index (χ3v) is 3.84. The van der Waals surface area contributed by atoms with Gasteiger partial charge >= 0.3 is 5.97 Å². The highest BCUT2D eigenvalue weighted by molar-refractivity contribution is 5.98. The Morgan fingerprint density at radius 2 is 2.00 bits per heavy atom. The van der Waals surface area contributed by atoms with Crippen molar-refractivity contribution in [2.75, 3.05) is 0 Å². The van der Waals surface area contributed by atoms with Gasteiger partial charge in [0.05, 0.1) is 5.92 Å². The molecular weight excluding hydrogens is 168 g/mol. The average molecular weight is 182 g/mol. The van der Waals surface area contributed by atoms with Gasteiger partial charge in [0.25, 0.3) is 0 Å². The first-order valence-corrected chi connectivity index (χ1v) is 4.58. The second-order valence-corrected chi connectivity index (χ2v) is 5.16. The quantitative estimate of drug-likeness (QED) is 0.665. The Kier molecular flexibility index (Phi) is 1.32. The molecular formula is C10H14O3. The number of carbonyl (C=O) groups is 2. The first-order chi connectivity index (χ1) is 5.82. The Hall–Kier alpha value is -0.860. The van der Waals surface area contributed by atoms with Gasteiger partial charge in [-0.2, -0.15) is 0 Å². The van der Waals surface area contributed by atoms with E-state index in [1.807, 2.05) is 13.8 Å². The number of hydrogen-bond acceptors (Lipinski definition) is 2. The Balaban J connectivity index is 2.37. The SMILES string of the molecule is CC1(C)CC(=O)C2(C)C(C(=O)O)C12. The summed E-state index contributed by atoms with van der Waals surface area (Å²) >= 11 is 0. The summed E-state index contributed by atoms with van der Waals surface area (Å²) in [4.78, 5) is 22.5. The van der Waals surface area contributed by atoms with Crippen molar-refractivity contribution < 1.29 is 14.7 Å². The van der Waals surface area contributed by atoms with E-state index in [1.54, 1.807) is 6.92 Å². The second kappa shape index (κ2) is 1.97. The van der Waals surface area contributed by atoms with E-state index in [1.165, 1.54) is 0 Å². The summed E-state index contributed by atoms with van der Waals surface area (Å²) in [7, 11) is 0. The van der Waals surface area contributed by atoms with Crippen molar-refractivity contribution in [1.82, 2.24) is 0 Å². The minimum absolute atomic E-state index is 0.0602. The molecule has 2 rings (SSSR count). The number of carboxylic acid groups (broad SMARTS) is 1. The predicted molar refractivity (Wildman–Crippen MR) is 46.1 cm³/mol. The Bertz CT molecular complexity index is 305. The van der Waals surface area contributed by atoms with Gasteiger partial charge in [-0.05, 0) is 11.3 Å². The molecule has 0 aliphatic heterocycles. The van der Waals surface area contributed by atoms with Crippen molar-refractivity contribution >= 4 is 11.8 Å². The van der Waals surface area contributed by atoms with E-state index >= 15 is 0 Å². The van der Waals surface area contributed by atoms with Crippen LogP contribution < -0.4 is 0 Å². The molecule has 3 unspecified atom stereocenters. The van der Waals surface area contributed by atoms with Gasteiger partial charge in [0.15, 0.2) is 0 Å². The van der Waals surface area contributed by atoms with Crippen molar-refractivity contribution in [1.29, 1.82) is 0 Å². The lowest BCUT2D eigenvalue weighted by atomic mass is 9.85. The monoisotopic (exact) mass is 182 g/mol. The van der Waals surface area contributed by atoms with E-state index in [0.29, 0.717) is 6.42 Å². The van der Waals surface area contributed by atoms with Crippen LogP contribution in [0.5, 0.6) is 0 Å². The van der Waals surface area contributed by atoms with Crippen LogP contribution in [0.25, 0.3) is 0 Å². The Morgan fingerprint density at radius 1 is 1.46 bits per heavy atom. The van der Waals surface area contributed by atoms with Crippen LogP contribution in [0.1, 0.15) is 27.2 Å². The normalized spacial score (nSPS) is 45.9. The van der Waals surface area contributed by atoms with Crippen LogP contribution in [-0.4, -0.2) is 16.9 Å². The molecule has 2 aliphatic carbocycles. The fourth-order valence-corrected chi connectivity index (χ4v) is 3.24. The molecule has 13 heavy (non-hydrogen) atoms. The summed E-state index contributed by atoms with van der Waals surface area (Å²) in [6.45, 7) is 5.78. The predicted octanol–water partition coefficient (Wildman–Crippen LogP) is 1.32. The van der Waals surface area contributed by atoms with Gasteiger partial charge in [0.2, 0.25) is 0 Å². The molecule has 3 nitrogen and oxygen atoms in total. The van der Waals surface area contributed by atoms with Crippen molar-refractivity contribution in [2.45, 2.75) is 27.2 Å². The number of hydrogen-bond donors (Lipinski definition) is 1. The standard InChI is InChI=1S/C10H14O3/c1-9(2)4-5(11)10(3)6(7(9)10)8(12)13/h6-7H,4H2,1-3H3,(H,12,13). The van der Waals surface area contributed by atoms with Gasteiger partial charge in [-0.1, -0.05) is 20.8 Å². The second-order valence-electron chi connectivity index (χ2n) is 5.16. The summed E-state index contributed by atoms with van der Waals surface area (Å²) in [6, 6.07) is 0. The fraction of sp³-hybridized carbons (Fsp3) is 0.800. The number of carbonyl (C=O) groups excluding carboxylic acids is 1. The molecule has 2 aliphatic rings. The maximum absolute atomic E-state index is 11.6. The van der Waals surface area contributed by atoms with Gasteiger partial charge < -0.3 is 5.11 Å². The van der Waals surface area contributed by atoms with Crippen LogP contribution in [0.2, 0.25) is 0 Å². The van der Waals surface area contributed by atoms with E-state index < -0.39 is 17.3 Å². The van der Waals surface area contributed by atoms with Crippen molar-refractivity contribution in [3.05, 3.63) is 0 Å². The first-order valence-electron chi connectivity index (χ1n) is 4.58. The molecule has 3 atom stereocenters. The molecule has 0 aromatic rings. The summed E-state index contributed by atoms with van der Waals surface area (Å²) in [6.07, 6.45) is 0.540. The van der Waals surface area contributed by atoms with Crippen LogP contribution in [0.15, 0.2) is 0 Å². The molecule has 0 aromatic heterocycles. The minimum atomic E-state index is -0.811. The number of Topliss-reactive ketones (excluding diaryl/α,β-unsaturated/α-hetero) is 1. The average Bonchev–Trinajstić information content (AvgIpc) is 2.52. The lowest BCUT2D eigenvalue weighted by Gasteiger charge is -2.18. The highest BCUT2D eigenvalue weighted by atomic mass is 16.4. The Morgan fingerprint density at radius 3 is 2.23 bits per heavy atom. The van der Waals surface area contributed by atoms with Crippen LogP contribution in [0, 0.1) is 22.7 Å². The maximum atomic E-state index is 11.6. The molecule has 0 aromatic carbocycles. The van der Waals surface area contributed by atoms with E-state index in [2.05, 4.69) is 0 Å². The molecule has 0 heterocycles. The van der Waals surface area contributed by atoms with Crippen molar-refractivity contribution in [3.63, 3.8) is 0 Å². The fourth-order valence-electron chi connectivity index (χ4n) is 3.24. The Labute approximate surface area is 77.1 Å². The largest absolute Gasteiger partial charge is 0.481 e. The van der Waals surface area contributed by atoms with Crippen molar-refractivity contribution in [2.24, 2.45) is 22.7 Å². The molecule has 2 fully saturated rings. The topological polar surface area (TPSA) is 54.4 Å². The molecule has 0 radical (unpaired) electrons. The molecule has 2 saturated carbocycles. The van der Waals surface area contributed by atoms with E-state index in [9.17, 15) is 9.59 Å². The van der Waals surface area contributed by atoms with Crippen LogP contribution in [0.4, 0.5) is 0 Å². The van der Waals surface area contributed by atoms with Gasteiger partial charge in [-0.3, -0.25) is 9.59 Å². The number of rotatable bonds is 1. The number of carboxylic acids is 1. The molecule has 72 valence electrons. The zero-order chi connectivity index (χ0) is 10.0. The van der Waals surface area contributed by atoms with Crippen LogP contribution >= 0.6 is 0 Å². The van der Waals surface area contributed by atoms with E-state index in [0.717, 1.165) is 0 Å². The highest BCUT2D eigenvalue weighted by Crippen LogP contribution is 2.72. The van der Waals surface area contributed by atoms with Crippen molar-refractivity contribution in [3.8, 4) is 0 Å². The lowest BCUT2D eigenvalue weighted by molar-refractivity contribution is -0.142. The van der Waals surface area contributed by atoms with E-state index in [4.69, 9.17) is 5.11 Å². The number of ketones is 1. The summed E-state index contributed by atoms with van der Waals surface area (Å²) in [5, 5.41) is 8.92. The molecule has 0 amide bonds. The molecule has 0 spiro atoms. The van der Waals surface area contributed by atoms with Gasteiger partial charge in [-0.25, -0.2) is 0 Å². The third-order valence-electron chi connectivity index (χ3n) is 3.84. The highest BCUT2D eigenvalue weighted by Gasteiger charge is 2.77. The number of aliphatic carboxylic acids is 1. The molecule has 1 N–H and O–H groups in total. The number of fused-ring (bicyclic) bond motifs is 1. The van der Waals surface area contributed by atoms with Gasteiger partial charge in [0, 0.05) is 11.8 Å². The maximum Gasteiger partial charge on any atom is 0.307 e. The summed E-state index contributed by atoms with van der Waals surface area (Å²) < 4.78 is 0. The molecule has 0 saturated heterocycles. The summed E-state index contributed by atoms with van der Waals surface area (Å²) in [5.41, 5.74) is -0.662. The van der Waals surface area contributed by atoms with Gasteiger partial charge in [-0.15, -0.1) is 0 Å². The smallest absolute Gasteiger partial charge is 0.307 e. The lowest BCUT2D eigenvalue weighted by Crippen LogP contribution is -2.21. The van der Waals surface area contributed by atoms with E-state index in [-0.39, 0.29) is 17.1 Å². The zero-order valence-electron chi connectivity index (χ0n) is 8.13.